The highest BCUT2D eigenvalue weighted by molar-refractivity contribution is 5.82. The van der Waals surface area contributed by atoms with Crippen molar-refractivity contribution in [2.75, 3.05) is 7.11 Å². The highest BCUT2D eigenvalue weighted by Crippen LogP contribution is 2.28. The van der Waals surface area contributed by atoms with Crippen molar-refractivity contribution in [1.29, 1.82) is 0 Å². The van der Waals surface area contributed by atoms with Gasteiger partial charge in [0.15, 0.2) is 11.5 Å². The molecular weight excluding hydrogens is 246 g/mol. The zero-order valence-corrected chi connectivity index (χ0v) is 9.51. The summed E-state index contributed by atoms with van der Waals surface area (Å²) in [6, 6.07) is 4.38. The fourth-order valence-electron chi connectivity index (χ4n) is 1.12. The summed E-state index contributed by atoms with van der Waals surface area (Å²) in [5, 5.41) is 6.92. The molecule has 18 heavy (non-hydrogen) atoms. The van der Waals surface area contributed by atoms with E-state index in [1.54, 1.807) is 6.07 Å². The van der Waals surface area contributed by atoms with E-state index in [9.17, 15) is 8.78 Å². The predicted octanol–water partition coefficient (Wildman–Crippen LogP) is 0.904. The lowest BCUT2D eigenvalue weighted by atomic mass is 10.2. The van der Waals surface area contributed by atoms with Crippen molar-refractivity contribution in [2.24, 2.45) is 21.7 Å². The quantitative estimate of drug-likeness (QED) is 0.466. The molecule has 0 amide bonds. The molecule has 0 radical (unpaired) electrons. The second kappa shape index (κ2) is 6.38. The van der Waals surface area contributed by atoms with Gasteiger partial charge in [0.05, 0.1) is 13.3 Å². The van der Waals surface area contributed by atoms with Gasteiger partial charge in [0.25, 0.3) is 0 Å². The standard InChI is InChI=1S/C10H12F2N4O2/c1-17-7-3-2-6(5-15-16-10(13)14)4-8(7)18-9(11)12/h2-5,9H,1H3,(H4,13,14,16). The fourth-order valence-corrected chi connectivity index (χ4v) is 1.12. The van der Waals surface area contributed by atoms with Crippen molar-refractivity contribution in [3.05, 3.63) is 23.8 Å². The van der Waals surface area contributed by atoms with Gasteiger partial charge in [0.2, 0.25) is 5.96 Å². The number of methoxy groups -OCH3 is 1. The normalized spacial score (nSPS) is 10.7. The molecule has 0 fully saturated rings. The van der Waals surface area contributed by atoms with Crippen LogP contribution >= 0.6 is 0 Å². The van der Waals surface area contributed by atoms with Crippen LogP contribution in [0, 0.1) is 0 Å². The topological polar surface area (TPSA) is 95.2 Å². The van der Waals surface area contributed by atoms with Gasteiger partial charge in [0.1, 0.15) is 0 Å². The molecule has 1 rings (SSSR count). The Kier molecular flexibility index (Phi) is 4.85. The number of hydrogen-bond acceptors (Lipinski definition) is 4. The van der Waals surface area contributed by atoms with E-state index in [4.69, 9.17) is 16.2 Å². The maximum absolute atomic E-state index is 12.2. The van der Waals surface area contributed by atoms with E-state index >= 15 is 0 Å². The molecule has 0 bridgehead atoms. The Balaban J connectivity index is 2.95. The second-order valence-electron chi connectivity index (χ2n) is 3.06. The molecule has 1 aromatic carbocycles. The van der Waals surface area contributed by atoms with Gasteiger partial charge < -0.3 is 20.9 Å². The average Bonchev–Trinajstić information content (AvgIpc) is 2.28. The van der Waals surface area contributed by atoms with Crippen LogP contribution in [0.3, 0.4) is 0 Å². The number of ether oxygens (including phenoxy) is 2. The van der Waals surface area contributed by atoms with E-state index in [0.29, 0.717) is 5.56 Å². The molecule has 0 saturated heterocycles. The molecule has 4 N–H and O–H groups in total. The molecule has 8 heteroatoms. The maximum atomic E-state index is 12.2. The molecule has 6 nitrogen and oxygen atoms in total. The summed E-state index contributed by atoms with van der Waals surface area (Å²) >= 11 is 0. The summed E-state index contributed by atoms with van der Waals surface area (Å²) in [4.78, 5) is 0. The number of nitrogens with two attached hydrogens (primary N) is 2. The SMILES string of the molecule is COc1ccc(C=NN=C(N)N)cc1OC(F)F. The summed E-state index contributed by atoms with van der Waals surface area (Å²) < 4.78 is 33.5. The summed E-state index contributed by atoms with van der Waals surface area (Å²) in [6.07, 6.45) is 1.29. The van der Waals surface area contributed by atoms with Crippen LogP contribution in [-0.2, 0) is 0 Å². The van der Waals surface area contributed by atoms with E-state index in [0.717, 1.165) is 0 Å². The van der Waals surface area contributed by atoms with E-state index in [-0.39, 0.29) is 17.5 Å². The van der Waals surface area contributed by atoms with Crippen LogP contribution in [0.25, 0.3) is 0 Å². The van der Waals surface area contributed by atoms with E-state index < -0.39 is 6.61 Å². The molecule has 98 valence electrons. The molecule has 1 aromatic rings. The Hall–Kier alpha value is -2.38. The van der Waals surface area contributed by atoms with Gasteiger partial charge in [-0.2, -0.15) is 13.9 Å². The first-order valence-corrected chi connectivity index (χ1v) is 4.77. The van der Waals surface area contributed by atoms with Crippen molar-refractivity contribution in [1.82, 2.24) is 0 Å². The lowest BCUT2D eigenvalue weighted by Gasteiger charge is -2.09. The summed E-state index contributed by atoms with van der Waals surface area (Å²) in [7, 11) is 1.35. The second-order valence-corrected chi connectivity index (χ2v) is 3.06. The minimum atomic E-state index is -2.94. The van der Waals surface area contributed by atoms with Crippen LogP contribution in [0.5, 0.6) is 11.5 Å². The minimum absolute atomic E-state index is 0.0962. The third kappa shape index (κ3) is 4.24. The number of rotatable bonds is 5. The monoisotopic (exact) mass is 258 g/mol. The highest BCUT2D eigenvalue weighted by Gasteiger charge is 2.10. The number of benzene rings is 1. The van der Waals surface area contributed by atoms with Gasteiger partial charge in [-0.3, -0.25) is 0 Å². The first-order chi connectivity index (χ1) is 8.52. The zero-order chi connectivity index (χ0) is 13.5. The molecule has 0 heterocycles. The number of hydrogen-bond donors (Lipinski definition) is 2. The molecular formula is C10H12F2N4O2. The molecule has 0 aromatic heterocycles. The van der Waals surface area contributed by atoms with Gasteiger partial charge in [0, 0.05) is 0 Å². The van der Waals surface area contributed by atoms with Gasteiger partial charge in [-0.1, -0.05) is 0 Å². The van der Waals surface area contributed by atoms with Gasteiger partial charge >= 0.3 is 6.61 Å². The van der Waals surface area contributed by atoms with Crippen molar-refractivity contribution >= 4 is 12.2 Å². The van der Waals surface area contributed by atoms with E-state index in [1.807, 2.05) is 0 Å². The highest BCUT2D eigenvalue weighted by atomic mass is 19.3. The van der Waals surface area contributed by atoms with Crippen molar-refractivity contribution in [2.45, 2.75) is 6.61 Å². The molecule has 0 aliphatic rings. The van der Waals surface area contributed by atoms with Gasteiger partial charge in [-0.15, -0.1) is 5.10 Å². The van der Waals surface area contributed by atoms with Crippen molar-refractivity contribution < 1.29 is 18.3 Å². The molecule has 0 aliphatic heterocycles. The lowest BCUT2D eigenvalue weighted by molar-refractivity contribution is -0.0512. The summed E-state index contributed by atoms with van der Waals surface area (Å²) in [5.41, 5.74) is 10.6. The van der Waals surface area contributed by atoms with Crippen LogP contribution in [0.15, 0.2) is 28.4 Å². The van der Waals surface area contributed by atoms with Crippen LogP contribution in [0.1, 0.15) is 5.56 Å². The van der Waals surface area contributed by atoms with Crippen LogP contribution in [0.4, 0.5) is 8.78 Å². The summed E-state index contributed by atoms with van der Waals surface area (Å²) in [5.74, 6) is -0.112. The smallest absolute Gasteiger partial charge is 0.387 e. The third-order valence-electron chi connectivity index (χ3n) is 1.78. The Morgan fingerprint density at radius 2 is 2.06 bits per heavy atom. The average molecular weight is 258 g/mol. The lowest BCUT2D eigenvalue weighted by Crippen LogP contribution is -2.21. The van der Waals surface area contributed by atoms with Crippen molar-refractivity contribution in [3.63, 3.8) is 0 Å². The number of alkyl halides is 2. The molecule has 0 aliphatic carbocycles. The summed E-state index contributed by atoms with van der Waals surface area (Å²) in [6.45, 7) is -2.94. The van der Waals surface area contributed by atoms with E-state index in [2.05, 4.69) is 14.9 Å². The Bertz CT molecular complexity index is 459. The number of guanidine groups is 1. The predicted molar refractivity (Wildman–Crippen MR) is 63.0 cm³/mol. The number of halogens is 2. The molecule has 0 atom stereocenters. The Labute approximate surface area is 102 Å². The Morgan fingerprint density at radius 3 is 2.61 bits per heavy atom. The zero-order valence-electron chi connectivity index (χ0n) is 9.51. The van der Waals surface area contributed by atoms with Crippen molar-refractivity contribution in [3.8, 4) is 11.5 Å². The molecule has 0 saturated carbocycles. The molecule has 0 spiro atoms. The third-order valence-corrected chi connectivity index (χ3v) is 1.78. The van der Waals surface area contributed by atoms with Crippen LogP contribution in [0.2, 0.25) is 0 Å². The first kappa shape index (κ1) is 13.7. The van der Waals surface area contributed by atoms with Gasteiger partial charge in [-0.05, 0) is 23.8 Å². The Morgan fingerprint density at radius 1 is 1.33 bits per heavy atom. The minimum Gasteiger partial charge on any atom is -0.493 e. The van der Waals surface area contributed by atoms with Gasteiger partial charge in [-0.25, -0.2) is 0 Å². The molecule has 0 unspecified atom stereocenters. The van der Waals surface area contributed by atoms with E-state index in [1.165, 1.54) is 25.5 Å². The van der Waals surface area contributed by atoms with Crippen LogP contribution in [-0.4, -0.2) is 25.9 Å². The van der Waals surface area contributed by atoms with Crippen LogP contribution < -0.4 is 20.9 Å². The number of nitrogens with zero attached hydrogens (tertiary/aromatic N) is 2. The first-order valence-electron chi connectivity index (χ1n) is 4.77. The fraction of sp³-hybridized carbons (Fsp3) is 0.200. The maximum Gasteiger partial charge on any atom is 0.387 e. The largest absolute Gasteiger partial charge is 0.493 e.